The molecule has 2 heteroatoms. The molecule has 0 aliphatic rings. The van der Waals surface area contributed by atoms with Crippen LogP contribution in [0.5, 0.6) is 0 Å². The van der Waals surface area contributed by atoms with Crippen molar-refractivity contribution in [3.05, 3.63) is 35.7 Å². The topological polar surface area (TPSA) is 12.9 Å². The molecule has 0 N–H and O–H groups in total. The molecule has 0 amide bonds. The largest absolute Gasteiger partial charge is 0.256 e. The molecule has 1 atom stereocenters. The van der Waals surface area contributed by atoms with Crippen molar-refractivity contribution in [3.63, 3.8) is 0 Å². The Balaban J connectivity index is 2.51. The number of aromatic nitrogens is 1. The van der Waals surface area contributed by atoms with E-state index < -0.39 is 0 Å². The SMILES string of the molecule is CCCCCCCCC=C(CC)c1ccc(C(Br)CC(C)C)cn1. The number of nitrogens with zero attached hydrogens (tertiary/aromatic N) is 1. The molecule has 0 saturated heterocycles. The van der Waals surface area contributed by atoms with Crippen LogP contribution in [0.2, 0.25) is 0 Å². The van der Waals surface area contributed by atoms with Gasteiger partial charge in [-0.1, -0.05) is 87.9 Å². The molecule has 0 radical (unpaired) electrons. The summed E-state index contributed by atoms with van der Waals surface area (Å²) in [6.45, 7) is 9.02. The van der Waals surface area contributed by atoms with Crippen molar-refractivity contribution in [1.29, 1.82) is 0 Å². The number of halogens is 1. The average molecular weight is 394 g/mol. The number of alkyl halides is 1. The summed E-state index contributed by atoms with van der Waals surface area (Å²) in [4.78, 5) is 5.13. The molecule has 0 aliphatic heterocycles. The normalized spacial score (nSPS) is 13.5. The van der Waals surface area contributed by atoms with Crippen LogP contribution in [0.3, 0.4) is 0 Å². The highest BCUT2D eigenvalue weighted by Gasteiger charge is 2.10. The minimum Gasteiger partial charge on any atom is -0.256 e. The number of pyridine rings is 1. The Morgan fingerprint density at radius 1 is 1.08 bits per heavy atom. The smallest absolute Gasteiger partial charge is 0.0658 e. The molecule has 0 fully saturated rings. The second-order valence-corrected chi connectivity index (χ2v) is 8.32. The van der Waals surface area contributed by atoms with E-state index in [-0.39, 0.29) is 0 Å². The van der Waals surface area contributed by atoms with E-state index in [9.17, 15) is 0 Å². The van der Waals surface area contributed by atoms with E-state index in [0.29, 0.717) is 10.7 Å². The van der Waals surface area contributed by atoms with E-state index >= 15 is 0 Å². The number of allylic oxidation sites excluding steroid dienone is 2. The summed E-state index contributed by atoms with van der Waals surface area (Å²) in [6.07, 6.45) is 16.0. The van der Waals surface area contributed by atoms with E-state index in [4.69, 9.17) is 4.98 Å². The number of rotatable bonds is 12. The minimum absolute atomic E-state index is 0.413. The summed E-state index contributed by atoms with van der Waals surface area (Å²) in [7, 11) is 0. The van der Waals surface area contributed by atoms with Crippen LogP contribution in [0.4, 0.5) is 0 Å². The maximum Gasteiger partial charge on any atom is 0.0658 e. The van der Waals surface area contributed by atoms with Crippen LogP contribution in [0.25, 0.3) is 5.57 Å². The predicted octanol–water partition coefficient (Wildman–Crippen LogP) is 8.11. The Bertz CT molecular complexity index is 461. The highest BCUT2D eigenvalue weighted by Crippen LogP contribution is 2.30. The van der Waals surface area contributed by atoms with Gasteiger partial charge in [-0.25, -0.2) is 0 Å². The summed E-state index contributed by atoms with van der Waals surface area (Å²) in [5, 5.41) is 0. The first kappa shape index (κ1) is 21.4. The maximum absolute atomic E-state index is 4.72. The van der Waals surface area contributed by atoms with Gasteiger partial charge in [0.05, 0.1) is 5.69 Å². The first-order valence-electron chi connectivity index (χ1n) is 9.87. The number of hydrogen-bond donors (Lipinski definition) is 0. The number of hydrogen-bond acceptors (Lipinski definition) is 1. The average Bonchev–Trinajstić information content (AvgIpc) is 2.57. The molecule has 0 aromatic carbocycles. The van der Waals surface area contributed by atoms with Crippen molar-refractivity contribution in [2.75, 3.05) is 0 Å². The van der Waals surface area contributed by atoms with E-state index in [1.54, 1.807) is 0 Å². The molecule has 1 aromatic heterocycles. The van der Waals surface area contributed by atoms with Gasteiger partial charge in [0.2, 0.25) is 0 Å². The van der Waals surface area contributed by atoms with Crippen molar-refractivity contribution in [3.8, 4) is 0 Å². The molecular formula is C22H36BrN. The second kappa shape index (κ2) is 12.7. The predicted molar refractivity (Wildman–Crippen MR) is 112 cm³/mol. The van der Waals surface area contributed by atoms with Crippen LogP contribution < -0.4 is 0 Å². The van der Waals surface area contributed by atoms with Crippen LogP contribution in [-0.4, -0.2) is 4.98 Å². The highest BCUT2D eigenvalue weighted by atomic mass is 79.9. The van der Waals surface area contributed by atoms with Gasteiger partial charge < -0.3 is 0 Å². The quantitative estimate of drug-likeness (QED) is 0.258. The van der Waals surface area contributed by atoms with Gasteiger partial charge in [-0.2, -0.15) is 0 Å². The van der Waals surface area contributed by atoms with E-state index in [1.807, 2.05) is 6.20 Å². The Labute approximate surface area is 158 Å². The van der Waals surface area contributed by atoms with Gasteiger partial charge in [-0.15, -0.1) is 0 Å². The van der Waals surface area contributed by atoms with Crippen molar-refractivity contribution < 1.29 is 0 Å². The van der Waals surface area contributed by atoms with Gasteiger partial charge in [0.15, 0.2) is 0 Å². The van der Waals surface area contributed by atoms with Crippen LogP contribution in [0.1, 0.15) is 102 Å². The lowest BCUT2D eigenvalue weighted by atomic mass is 10.0. The van der Waals surface area contributed by atoms with Crippen LogP contribution in [0, 0.1) is 5.92 Å². The molecule has 24 heavy (non-hydrogen) atoms. The monoisotopic (exact) mass is 393 g/mol. The lowest BCUT2D eigenvalue weighted by Gasteiger charge is -2.13. The number of unbranched alkanes of at least 4 members (excludes halogenated alkanes) is 6. The summed E-state index contributed by atoms with van der Waals surface area (Å²) in [5.74, 6) is 0.692. The summed E-state index contributed by atoms with van der Waals surface area (Å²) >= 11 is 3.79. The third kappa shape index (κ3) is 8.46. The fraction of sp³-hybridized carbons (Fsp3) is 0.682. The van der Waals surface area contributed by atoms with Gasteiger partial charge in [0, 0.05) is 11.0 Å². The van der Waals surface area contributed by atoms with Crippen molar-refractivity contribution >= 4 is 21.5 Å². The molecule has 1 heterocycles. The first-order valence-corrected chi connectivity index (χ1v) is 10.8. The zero-order chi connectivity index (χ0) is 17.8. The lowest BCUT2D eigenvalue weighted by molar-refractivity contribution is 0.583. The molecular weight excluding hydrogens is 358 g/mol. The van der Waals surface area contributed by atoms with Gasteiger partial charge in [-0.3, -0.25) is 4.98 Å². The van der Waals surface area contributed by atoms with Crippen LogP contribution in [-0.2, 0) is 0 Å². The van der Waals surface area contributed by atoms with Crippen LogP contribution in [0.15, 0.2) is 24.4 Å². The molecule has 1 rings (SSSR count). The third-order valence-electron chi connectivity index (χ3n) is 4.48. The maximum atomic E-state index is 4.72. The second-order valence-electron chi connectivity index (χ2n) is 7.21. The van der Waals surface area contributed by atoms with Gasteiger partial charge >= 0.3 is 0 Å². The molecule has 0 aliphatic carbocycles. The summed E-state index contributed by atoms with van der Waals surface area (Å²) in [6, 6.07) is 4.43. The van der Waals surface area contributed by atoms with Crippen molar-refractivity contribution in [2.24, 2.45) is 5.92 Å². The molecule has 0 saturated carbocycles. The Morgan fingerprint density at radius 2 is 1.79 bits per heavy atom. The molecule has 0 bridgehead atoms. The molecule has 1 unspecified atom stereocenters. The van der Waals surface area contributed by atoms with E-state index in [1.165, 1.54) is 56.1 Å². The summed E-state index contributed by atoms with van der Waals surface area (Å²) < 4.78 is 0. The van der Waals surface area contributed by atoms with Gasteiger partial charge in [-0.05, 0) is 48.8 Å². The Morgan fingerprint density at radius 3 is 2.38 bits per heavy atom. The van der Waals surface area contributed by atoms with Gasteiger partial charge in [0.25, 0.3) is 0 Å². The minimum atomic E-state index is 0.413. The molecule has 0 spiro atoms. The van der Waals surface area contributed by atoms with Crippen LogP contribution >= 0.6 is 15.9 Å². The van der Waals surface area contributed by atoms with Gasteiger partial charge in [0.1, 0.15) is 0 Å². The fourth-order valence-corrected chi connectivity index (χ4v) is 3.98. The lowest BCUT2D eigenvalue weighted by Crippen LogP contribution is -1.98. The highest BCUT2D eigenvalue weighted by molar-refractivity contribution is 9.09. The molecule has 1 aromatic rings. The Kier molecular flexibility index (Phi) is 11.3. The zero-order valence-corrected chi connectivity index (χ0v) is 17.7. The van der Waals surface area contributed by atoms with E-state index in [2.05, 4.69) is 61.8 Å². The van der Waals surface area contributed by atoms with E-state index in [0.717, 1.165) is 18.5 Å². The Hall–Kier alpha value is -0.630. The van der Waals surface area contributed by atoms with Crippen molar-refractivity contribution in [1.82, 2.24) is 4.98 Å². The summed E-state index contributed by atoms with van der Waals surface area (Å²) in [5.41, 5.74) is 3.83. The zero-order valence-electron chi connectivity index (χ0n) is 16.2. The first-order chi connectivity index (χ1) is 11.6. The third-order valence-corrected chi connectivity index (χ3v) is 5.39. The fourth-order valence-electron chi connectivity index (χ4n) is 2.96. The van der Waals surface area contributed by atoms with Crippen molar-refractivity contribution in [2.45, 2.75) is 90.3 Å². The standard InChI is InChI=1S/C22H36BrN/c1-5-7-8-9-10-11-12-13-19(6-2)22-15-14-20(17-24-22)21(23)16-18(3)4/h13-15,17-18,21H,5-12,16H2,1-4H3. The molecule has 136 valence electrons. The molecule has 1 nitrogen and oxygen atoms in total.